The van der Waals surface area contributed by atoms with E-state index in [0.717, 1.165) is 25.2 Å². The molecule has 1 aromatic heterocycles. The van der Waals surface area contributed by atoms with Crippen molar-refractivity contribution in [3.63, 3.8) is 0 Å². The summed E-state index contributed by atoms with van der Waals surface area (Å²) in [5.74, 6) is 0. The lowest BCUT2D eigenvalue weighted by Gasteiger charge is -2.26. The number of aliphatic hydroxyl groups is 1. The van der Waals surface area contributed by atoms with Crippen molar-refractivity contribution in [2.75, 3.05) is 13.2 Å². The van der Waals surface area contributed by atoms with Gasteiger partial charge in [-0.3, -0.25) is 4.90 Å². The van der Waals surface area contributed by atoms with E-state index in [1.165, 1.54) is 0 Å². The molecule has 0 aliphatic heterocycles. The fourth-order valence-electron chi connectivity index (χ4n) is 1.37. The van der Waals surface area contributed by atoms with Gasteiger partial charge in [0.1, 0.15) is 0 Å². The Labute approximate surface area is 89.4 Å². The van der Waals surface area contributed by atoms with E-state index in [0.29, 0.717) is 6.04 Å². The molecule has 0 aliphatic rings. The summed E-state index contributed by atoms with van der Waals surface area (Å²) in [4.78, 5) is 6.51. The van der Waals surface area contributed by atoms with Gasteiger partial charge >= 0.3 is 0 Å². The second-order valence-corrected chi connectivity index (χ2v) is 4.15. The molecule has 1 heterocycles. The molecular formula is C10H18N2OS. The largest absolute Gasteiger partial charge is 0.395 e. The molecule has 0 fully saturated rings. The van der Waals surface area contributed by atoms with Gasteiger partial charge < -0.3 is 5.11 Å². The smallest absolute Gasteiger partial charge is 0.0795 e. The Bertz CT molecular complexity index is 238. The highest BCUT2D eigenvalue weighted by Crippen LogP contribution is 2.10. The normalized spacial score (nSPS) is 13.4. The molecule has 0 saturated heterocycles. The lowest BCUT2D eigenvalue weighted by Crippen LogP contribution is -2.34. The summed E-state index contributed by atoms with van der Waals surface area (Å²) in [7, 11) is 0. The molecule has 1 atom stereocenters. The summed E-state index contributed by atoms with van der Waals surface area (Å²) in [6.07, 6.45) is 1.10. The lowest BCUT2D eigenvalue weighted by molar-refractivity contribution is 0.147. The van der Waals surface area contributed by atoms with E-state index in [2.05, 4.69) is 29.1 Å². The number of hydrogen-bond donors (Lipinski definition) is 1. The van der Waals surface area contributed by atoms with E-state index < -0.39 is 0 Å². The number of aromatic nitrogens is 1. The van der Waals surface area contributed by atoms with E-state index in [1.54, 1.807) is 11.3 Å². The van der Waals surface area contributed by atoms with Crippen LogP contribution in [0.3, 0.4) is 0 Å². The van der Waals surface area contributed by atoms with Gasteiger partial charge in [-0.25, -0.2) is 4.98 Å². The molecular weight excluding hydrogens is 196 g/mol. The Kier molecular flexibility index (Phi) is 5.07. The van der Waals surface area contributed by atoms with Crippen molar-refractivity contribution in [1.82, 2.24) is 9.88 Å². The van der Waals surface area contributed by atoms with Crippen LogP contribution in [0.2, 0.25) is 0 Å². The van der Waals surface area contributed by atoms with Crippen molar-refractivity contribution in [3.05, 3.63) is 16.6 Å². The van der Waals surface area contributed by atoms with Crippen LogP contribution in [0.4, 0.5) is 0 Å². The van der Waals surface area contributed by atoms with Gasteiger partial charge in [0.25, 0.3) is 0 Å². The van der Waals surface area contributed by atoms with Gasteiger partial charge in [-0.05, 0) is 13.3 Å². The molecule has 80 valence electrons. The van der Waals surface area contributed by atoms with E-state index in [1.807, 2.05) is 5.51 Å². The Balaban J connectivity index is 2.50. The first kappa shape index (κ1) is 11.6. The third kappa shape index (κ3) is 3.36. The Morgan fingerprint density at radius 2 is 2.43 bits per heavy atom. The molecule has 1 unspecified atom stereocenters. The van der Waals surface area contributed by atoms with E-state index in [9.17, 15) is 0 Å². The fourth-order valence-corrected chi connectivity index (χ4v) is 1.92. The van der Waals surface area contributed by atoms with Gasteiger partial charge in [-0.1, -0.05) is 6.92 Å². The van der Waals surface area contributed by atoms with Crippen LogP contribution in [0, 0.1) is 0 Å². The summed E-state index contributed by atoms with van der Waals surface area (Å²) in [6, 6.07) is 0.504. The third-order valence-electron chi connectivity index (χ3n) is 2.45. The van der Waals surface area contributed by atoms with Crippen LogP contribution in [-0.2, 0) is 6.54 Å². The van der Waals surface area contributed by atoms with Gasteiger partial charge in [0.05, 0.1) is 17.8 Å². The van der Waals surface area contributed by atoms with Crippen molar-refractivity contribution in [1.29, 1.82) is 0 Å². The lowest BCUT2D eigenvalue weighted by atomic mass is 10.2. The van der Waals surface area contributed by atoms with Crippen LogP contribution in [0.15, 0.2) is 10.9 Å². The first-order valence-corrected chi connectivity index (χ1v) is 5.94. The molecule has 1 N–H and O–H groups in total. The molecule has 4 heteroatoms. The zero-order valence-electron chi connectivity index (χ0n) is 8.81. The molecule has 0 aromatic carbocycles. The van der Waals surface area contributed by atoms with Crippen molar-refractivity contribution < 1.29 is 5.11 Å². The van der Waals surface area contributed by atoms with Gasteiger partial charge in [0.2, 0.25) is 0 Å². The number of thiazole rings is 1. The second kappa shape index (κ2) is 6.11. The molecule has 0 aliphatic carbocycles. The number of rotatable bonds is 6. The predicted octanol–water partition coefficient (Wildman–Crippen LogP) is 1.74. The van der Waals surface area contributed by atoms with Crippen LogP contribution in [0.25, 0.3) is 0 Å². The van der Waals surface area contributed by atoms with E-state index in [-0.39, 0.29) is 6.61 Å². The molecule has 1 aromatic rings. The Hall–Kier alpha value is -0.450. The molecule has 0 saturated carbocycles. The van der Waals surface area contributed by atoms with Gasteiger partial charge in [-0.2, -0.15) is 0 Å². The van der Waals surface area contributed by atoms with Crippen molar-refractivity contribution in [2.45, 2.75) is 32.9 Å². The molecule has 1 rings (SSSR count). The first-order valence-electron chi connectivity index (χ1n) is 5.00. The minimum absolute atomic E-state index is 0.217. The van der Waals surface area contributed by atoms with Crippen LogP contribution in [0.1, 0.15) is 26.0 Å². The highest BCUT2D eigenvalue weighted by Gasteiger charge is 2.12. The quantitative estimate of drug-likeness (QED) is 0.783. The van der Waals surface area contributed by atoms with Crippen LogP contribution in [-0.4, -0.2) is 34.2 Å². The highest BCUT2D eigenvalue weighted by atomic mass is 32.1. The van der Waals surface area contributed by atoms with Crippen LogP contribution < -0.4 is 0 Å². The zero-order valence-corrected chi connectivity index (χ0v) is 9.63. The van der Waals surface area contributed by atoms with Crippen molar-refractivity contribution in [2.24, 2.45) is 0 Å². The Morgan fingerprint density at radius 3 is 2.93 bits per heavy atom. The van der Waals surface area contributed by atoms with Gasteiger partial charge in [0, 0.05) is 24.5 Å². The molecule has 0 spiro atoms. The number of hydrogen-bond acceptors (Lipinski definition) is 4. The van der Waals surface area contributed by atoms with Crippen LogP contribution >= 0.6 is 11.3 Å². The second-order valence-electron chi connectivity index (χ2n) is 3.43. The average Bonchev–Trinajstić information content (AvgIpc) is 2.68. The minimum atomic E-state index is 0.217. The van der Waals surface area contributed by atoms with Gasteiger partial charge in [0.15, 0.2) is 0 Å². The monoisotopic (exact) mass is 214 g/mol. The maximum absolute atomic E-state index is 8.95. The molecule has 0 radical (unpaired) electrons. The maximum Gasteiger partial charge on any atom is 0.0795 e. The van der Waals surface area contributed by atoms with Crippen molar-refractivity contribution in [3.8, 4) is 0 Å². The Morgan fingerprint density at radius 1 is 1.64 bits per heavy atom. The van der Waals surface area contributed by atoms with E-state index >= 15 is 0 Å². The average molecular weight is 214 g/mol. The predicted molar refractivity (Wildman–Crippen MR) is 59.4 cm³/mol. The maximum atomic E-state index is 8.95. The highest BCUT2D eigenvalue weighted by molar-refractivity contribution is 7.07. The number of aliphatic hydroxyl groups excluding tert-OH is 1. The van der Waals surface area contributed by atoms with Crippen molar-refractivity contribution >= 4 is 11.3 Å². The summed E-state index contributed by atoms with van der Waals surface area (Å²) in [6.45, 7) is 6.14. The minimum Gasteiger partial charge on any atom is -0.395 e. The zero-order chi connectivity index (χ0) is 10.4. The van der Waals surface area contributed by atoms with Gasteiger partial charge in [-0.15, -0.1) is 11.3 Å². The molecule has 0 amide bonds. The van der Waals surface area contributed by atoms with Crippen LogP contribution in [0.5, 0.6) is 0 Å². The van der Waals surface area contributed by atoms with E-state index in [4.69, 9.17) is 5.11 Å². The summed E-state index contributed by atoms with van der Waals surface area (Å²) < 4.78 is 0. The standard InChI is InChI=1S/C10H18N2OS/c1-3-9(2)12(4-5-13)6-10-7-14-8-11-10/h7-9,13H,3-6H2,1-2H3. The first-order chi connectivity index (χ1) is 6.77. The molecule has 0 bridgehead atoms. The summed E-state index contributed by atoms with van der Waals surface area (Å²) in [5.41, 5.74) is 2.95. The SMILES string of the molecule is CCC(C)N(CCO)Cc1cscn1. The summed E-state index contributed by atoms with van der Waals surface area (Å²) >= 11 is 1.62. The molecule has 3 nitrogen and oxygen atoms in total. The molecule has 14 heavy (non-hydrogen) atoms. The number of nitrogens with zero attached hydrogens (tertiary/aromatic N) is 2. The fraction of sp³-hybridized carbons (Fsp3) is 0.700. The summed E-state index contributed by atoms with van der Waals surface area (Å²) in [5, 5.41) is 11.0. The third-order valence-corrected chi connectivity index (χ3v) is 3.09. The topological polar surface area (TPSA) is 36.4 Å².